The van der Waals surface area contributed by atoms with Crippen LogP contribution < -0.4 is 49.1 Å². The summed E-state index contributed by atoms with van der Waals surface area (Å²) in [6, 6.07) is 56.7. The van der Waals surface area contributed by atoms with Crippen molar-refractivity contribution in [1.82, 2.24) is 19.1 Å². The van der Waals surface area contributed by atoms with E-state index in [1.807, 2.05) is 154 Å². The summed E-state index contributed by atoms with van der Waals surface area (Å²) in [5.41, 5.74) is 18.9. The summed E-state index contributed by atoms with van der Waals surface area (Å²) in [5.74, 6) is 0.0347. The van der Waals surface area contributed by atoms with Gasteiger partial charge in [-0.15, -0.1) is 45.3 Å². The van der Waals surface area contributed by atoms with Crippen molar-refractivity contribution in [3.8, 4) is 28.5 Å². The molecule has 7 aromatic carbocycles. The van der Waals surface area contributed by atoms with Crippen molar-refractivity contribution >= 4 is 172 Å². The van der Waals surface area contributed by atoms with Gasteiger partial charge in [0.25, 0.3) is 16.8 Å². The first-order valence-corrected chi connectivity index (χ1v) is 36.8. The minimum absolute atomic E-state index is 0.0455. The molecule has 0 saturated carbocycles. The van der Waals surface area contributed by atoms with Crippen LogP contribution in [0.3, 0.4) is 0 Å². The number of urea groups is 1. The fourth-order valence-electron chi connectivity index (χ4n) is 8.89. The third-order valence-corrected chi connectivity index (χ3v) is 18.8. The van der Waals surface area contributed by atoms with Gasteiger partial charge >= 0.3 is 36.2 Å². The van der Waals surface area contributed by atoms with Crippen molar-refractivity contribution < 1.29 is 48.4 Å². The number of non-ortho nitro benzene ring substituents is 1. The standard InChI is InChI=1S/C19H13BrN2OS.C15H16N2O3S.C13H10N2O2S.C7H4ClNO4.C7H9NO2S.C7H9N.C6H6BBrO2/c1-12-6-8-13(9-7-12)22-17(14-4-2-3-5-16(14)20)21-18-15(19(22)23)10-11-24-18;1-3-20-14(18)12-8-9-21-13(12)17-15(19)16-11-6-4-10(2)5-7-11;1-8-2-4-9(5-3-8)15-12(16)10-6-7-18-11(10)14-13(15)17;8-7(10)13-6-3-1-5(2-4-6)9(11)12;1-2-10-7(9)5-3-4-11-6(5)8;1-6-2-4-7(8)5-3-6;8-6-4-2-1-3-5(6)7(9)10/h2-11H,1H3;4-9H,3H2,1-2H3,(H2,16,17,19);2-7H,1H3,(H,14,17);1-4H;3-4H,2,8H2,1H3;2-5H,8H2,1H3;1-4,9-10H. The number of nitro groups is 1. The highest BCUT2D eigenvalue weighted by molar-refractivity contribution is 9.11. The molecule has 0 spiro atoms. The lowest BCUT2D eigenvalue weighted by molar-refractivity contribution is -0.384. The number of hydrogen-bond donors (Lipinski definition) is 7. The maximum absolute atomic E-state index is 13.1. The first-order valence-electron chi connectivity index (χ1n) is 31.3. The van der Waals surface area contributed by atoms with Crippen molar-refractivity contribution in [3.63, 3.8) is 0 Å². The van der Waals surface area contributed by atoms with Crippen molar-refractivity contribution in [2.24, 2.45) is 0 Å². The molecule has 0 bridgehead atoms. The quantitative estimate of drug-likeness (QED) is 0.0149. The summed E-state index contributed by atoms with van der Waals surface area (Å²) >= 11 is 17.1. The van der Waals surface area contributed by atoms with Gasteiger partial charge in [0.2, 0.25) is 0 Å². The molecule has 6 heterocycles. The second kappa shape index (κ2) is 40.4. The van der Waals surface area contributed by atoms with Crippen LogP contribution >= 0.6 is 88.8 Å². The molecule has 31 heteroatoms. The van der Waals surface area contributed by atoms with Crippen LogP contribution in [0.2, 0.25) is 0 Å². The van der Waals surface area contributed by atoms with Crippen molar-refractivity contribution in [2.45, 2.75) is 41.5 Å². The van der Waals surface area contributed by atoms with E-state index in [1.165, 1.54) is 75.2 Å². The number of H-pyrrole nitrogens is 1. The SMILES string of the molecule is CCOC(=O)c1ccsc1N.CCOC(=O)c1ccsc1NC(=O)Nc1ccc(C)cc1.Cc1ccc(-n2c(-c3ccccc3Br)nc3sccc3c2=O)cc1.Cc1ccc(-n2c(=O)[nH]c3sccc3c2=O)cc1.Cc1ccc(N)cc1.O=C(Cl)Oc1ccc([N+](=O)[O-])cc1.OB(O)c1ccccc1Br. The number of anilines is 4. The van der Waals surface area contributed by atoms with Crippen LogP contribution in [-0.4, -0.2) is 77.8 Å². The second-order valence-electron chi connectivity index (χ2n) is 21.7. The Bertz CT molecular complexity index is 5250. The summed E-state index contributed by atoms with van der Waals surface area (Å²) < 4.78 is 18.6. The lowest BCUT2D eigenvalue weighted by Gasteiger charge is -2.14. The van der Waals surface area contributed by atoms with E-state index < -0.39 is 35.2 Å². The van der Waals surface area contributed by atoms with Gasteiger partial charge in [0.15, 0.2) is 0 Å². The number of aryl methyl sites for hydroxylation is 4. The van der Waals surface area contributed by atoms with Gasteiger partial charge in [-0.3, -0.25) is 34.6 Å². The summed E-state index contributed by atoms with van der Waals surface area (Å²) in [7, 11) is -1.39. The van der Waals surface area contributed by atoms with Crippen LogP contribution in [0.25, 0.3) is 43.2 Å². The highest BCUT2D eigenvalue weighted by atomic mass is 79.9. The Labute approximate surface area is 639 Å². The summed E-state index contributed by atoms with van der Waals surface area (Å²) in [4.78, 5) is 101. The lowest BCUT2D eigenvalue weighted by atomic mass is 9.80. The van der Waals surface area contributed by atoms with E-state index >= 15 is 0 Å². The van der Waals surface area contributed by atoms with Crippen LogP contribution in [0.5, 0.6) is 5.75 Å². The molecule has 13 aromatic rings. The Hall–Kier alpha value is -10.7. The van der Waals surface area contributed by atoms with E-state index in [0.29, 0.717) is 77.1 Å². The predicted octanol–water partition coefficient (Wildman–Crippen LogP) is 16.7. The largest absolute Gasteiger partial charge is 0.489 e. The number of rotatable bonds is 12. The van der Waals surface area contributed by atoms with Crippen molar-refractivity contribution in [2.75, 3.05) is 35.3 Å². The van der Waals surface area contributed by atoms with E-state index in [1.54, 1.807) is 83.1 Å². The van der Waals surface area contributed by atoms with Crippen LogP contribution in [0, 0.1) is 37.8 Å². The number of hydrogen-bond acceptors (Lipinski definition) is 21. The summed E-state index contributed by atoms with van der Waals surface area (Å²) in [5, 5.41) is 42.4. The van der Waals surface area contributed by atoms with E-state index in [-0.39, 0.29) is 28.5 Å². The van der Waals surface area contributed by atoms with Crippen LogP contribution in [0.1, 0.15) is 56.8 Å². The first kappa shape index (κ1) is 81.6. The molecule has 23 nitrogen and oxygen atoms in total. The van der Waals surface area contributed by atoms with E-state index in [2.05, 4.69) is 52.2 Å². The molecule has 0 unspecified atom stereocenters. The molecule has 540 valence electrons. The van der Waals surface area contributed by atoms with E-state index in [9.17, 15) is 43.7 Å². The number of aromatic amines is 1. The molecule has 13 rings (SSSR count). The molecular weight excluding hydrogens is 1570 g/mol. The average molecular weight is 1640 g/mol. The maximum atomic E-state index is 13.1. The number of nitrogens with one attached hydrogen (secondary N) is 3. The Morgan fingerprint density at radius 2 is 1.10 bits per heavy atom. The van der Waals surface area contributed by atoms with Gasteiger partial charge in [-0.2, -0.15) is 0 Å². The average Bonchev–Trinajstić information content (AvgIpc) is 1.75. The number of aromatic nitrogens is 4. The molecule has 0 radical (unpaired) electrons. The number of benzene rings is 7. The van der Waals surface area contributed by atoms with Gasteiger partial charge in [-0.1, -0.05) is 139 Å². The van der Waals surface area contributed by atoms with Crippen LogP contribution in [0.15, 0.2) is 239 Å². The van der Waals surface area contributed by atoms with E-state index in [0.717, 1.165) is 47.5 Å². The number of nitrogens with two attached hydrogens (primary N) is 2. The van der Waals surface area contributed by atoms with E-state index in [4.69, 9.17) is 47.6 Å². The lowest BCUT2D eigenvalue weighted by Crippen LogP contribution is -2.33. The number of nitrogens with zero attached hydrogens (tertiary/aromatic N) is 4. The molecule has 2 amide bonds. The van der Waals surface area contributed by atoms with Gasteiger partial charge < -0.3 is 41.0 Å². The third kappa shape index (κ3) is 24.2. The number of thiophene rings is 4. The molecule has 0 aliphatic carbocycles. The smallest absolute Gasteiger partial charge is 0.462 e. The number of halogens is 3. The molecule has 0 atom stereocenters. The molecule has 105 heavy (non-hydrogen) atoms. The zero-order valence-electron chi connectivity index (χ0n) is 56.8. The third-order valence-electron chi connectivity index (χ3n) is 14.1. The molecular formula is C74H67BBr2ClN9O14S4. The predicted molar refractivity (Wildman–Crippen MR) is 429 cm³/mol. The Balaban J connectivity index is 0.000000176. The number of nitrogen functional groups attached to an aromatic ring is 2. The molecule has 0 aliphatic rings. The topological polar surface area (TPSA) is 345 Å². The molecule has 9 N–H and O–H groups in total. The van der Waals surface area contributed by atoms with Gasteiger partial charge in [0, 0.05) is 49.6 Å². The highest BCUT2D eigenvalue weighted by Crippen LogP contribution is 2.31. The fourth-order valence-corrected chi connectivity index (χ4v) is 12.9. The van der Waals surface area contributed by atoms with Gasteiger partial charge in [0.1, 0.15) is 31.2 Å². The number of nitro benzene ring substituents is 1. The van der Waals surface area contributed by atoms with Gasteiger partial charge in [0.05, 0.1) is 51.4 Å². The number of fused-ring (bicyclic) bond motifs is 2. The fraction of sp³-hybridized carbons (Fsp3) is 0.108. The molecule has 0 aliphatic heterocycles. The molecule has 6 aromatic heterocycles. The Kier molecular flexibility index (Phi) is 31.4. The summed E-state index contributed by atoms with van der Waals surface area (Å²) in [6.07, 6.45) is 0. The zero-order valence-corrected chi connectivity index (χ0v) is 64.0. The van der Waals surface area contributed by atoms with Crippen molar-refractivity contribution in [1.29, 1.82) is 0 Å². The number of carbonyl (C=O) groups is 4. The van der Waals surface area contributed by atoms with Crippen LogP contribution in [0.4, 0.5) is 36.7 Å². The number of amides is 2. The van der Waals surface area contributed by atoms with Gasteiger partial charge in [-0.05, 0) is 166 Å². The zero-order chi connectivity index (χ0) is 76.3. The normalized spacial score (nSPS) is 10.2. The number of carbonyl (C=O) groups excluding carboxylic acids is 4. The van der Waals surface area contributed by atoms with Crippen LogP contribution in [-0.2, 0) is 9.47 Å². The second-order valence-corrected chi connectivity index (χ2v) is 27.4. The van der Waals surface area contributed by atoms with Gasteiger partial charge in [-0.25, -0.2) is 33.5 Å². The monoisotopic (exact) mass is 1640 g/mol. The maximum Gasteiger partial charge on any atom is 0.489 e. The summed E-state index contributed by atoms with van der Waals surface area (Å²) in [6.45, 7) is 12.2. The molecule has 0 saturated heterocycles. The first-order chi connectivity index (χ1) is 50.3. The Morgan fingerprint density at radius 3 is 1.62 bits per heavy atom. The number of esters is 2. The Morgan fingerprint density at radius 1 is 0.600 bits per heavy atom. The minimum Gasteiger partial charge on any atom is -0.462 e. The van der Waals surface area contributed by atoms with Crippen molar-refractivity contribution in [3.05, 3.63) is 299 Å². The molecule has 0 fully saturated rings. The minimum atomic E-state index is -1.39. The number of ether oxygens (including phenoxy) is 3. The highest BCUT2D eigenvalue weighted by Gasteiger charge is 2.20.